The first kappa shape index (κ1) is 13.0. The predicted molar refractivity (Wildman–Crippen MR) is 76.6 cm³/mol. The Morgan fingerprint density at radius 1 is 0.944 bits per heavy atom. The number of rotatable bonds is 7. The third kappa shape index (κ3) is 3.79. The normalized spacial score (nSPS) is 10.9. The lowest BCUT2D eigenvalue weighted by Gasteiger charge is -2.06. The molecule has 2 N–H and O–H groups in total. The Bertz CT molecular complexity index is 482. The van der Waals surface area contributed by atoms with Gasteiger partial charge in [0, 0.05) is 25.0 Å². The summed E-state index contributed by atoms with van der Waals surface area (Å²) in [6.45, 7) is 6.10. The maximum absolute atomic E-state index is 4.63. The van der Waals surface area contributed by atoms with E-state index in [4.69, 9.17) is 0 Å². The summed E-state index contributed by atoms with van der Waals surface area (Å²) in [5.41, 5.74) is 2.17. The van der Waals surface area contributed by atoms with Gasteiger partial charge in [0.2, 0.25) is 0 Å². The van der Waals surface area contributed by atoms with Gasteiger partial charge in [-0.15, -0.1) is 0 Å². The Kier molecular flexibility index (Phi) is 5.12. The number of pyridine rings is 1. The molecule has 0 amide bonds. The molecule has 18 heavy (non-hydrogen) atoms. The van der Waals surface area contributed by atoms with E-state index >= 15 is 0 Å². The van der Waals surface area contributed by atoms with E-state index in [0.29, 0.717) is 0 Å². The summed E-state index contributed by atoms with van der Waals surface area (Å²) in [6.07, 6.45) is 1.19. The average Bonchev–Trinajstić information content (AvgIpc) is 2.42. The molecule has 2 aromatic rings. The van der Waals surface area contributed by atoms with Crippen LogP contribution >= 0.6 is 0 Å². The molecule has 0 aliphatic carbocycles. The van der Waals surface area contributed by atoms with Gasteiger partial charge >= 0.3 is 0 Å². The summed E-state index contributed by atoms with van der Waals surface area (Å²) in [7, 11) is 0. The number of hydrogen-bond donors (Lipinski definition) is 2. The van der Waals surface area contributed by atoms with E-state index < -0.39 is 0 Å². The topological polar surface area (TPSA) is 37.0 Å². The van der Waals surface area contributed by atoms with E-state index in [9.17, 15) is 0 Å². The molecule has 3 heteroatoms. The minimum atomic E-state index is 0.832. The lowest BCUT2D eigenvalue weighted by Crippen LogP contribution is -2.27. The molecule has 0 atom stereocenters. The number of para-hydroxylation sites is 1. The van der Waals surface area contributed by atoms with Gasteiger partial charge in [-0.3, -0.25) is 4.98 Å². The largest absolute Gasteiger partial charge is 0.315 e. The molecule has 0 aliphatic heterocycles. The van der Waals surface area contributed by atoms with Crippen molar-refractivity contribution in [3.8, 4) is 0 Å². The minimum absolute atomic E-state index is 0.832. The minimum Gasteiger partial charge on any atom is -0.315 e. The van der Waals surface area contributed by atoms with E-state index in [2.05, 4.69) is 46.8 Å². The maximum atomic E-state index is 4.63. The Hall–Kier alpha value is -1.45. The van der Waals surface area contributed by atoms with E-state index in [-0.39, 0.29) is 0 Å². The molecule has 2 rings (SSSR count). The fraction of sp³-hybridized carbons (Fsp3) is 0.400. The SMILES string of the molecule is CCCNCCNCc1ccc2ccccc2n1. The first-order valence-corrected chi connectivity index (χ1v) is 6.66. The molecule has 1 heterocycles. The van der Waals surface area contributed by atoms with Crippen molar-refractivity contribution in [2.45, 2.75) is 19.9 Å². The van der Waals surface area contributed by atoms with Crippen molar-refractivity contribution in [3.05, 3.63) is 42.1 Å². The van der Waals surface area contributed by atoms with Crippen molar-refractivity contribution in [1.29, 1.82) is 0 Å². The monoisotopic (exact) mass is 243 g/mol. The summed E-state index contributed by atoms with van der Waals surface area (Å²) >= 11 is 0. The molecule has 0 radical (unpaired) electrons. The zero-order valence-electron chi connectivity index (χ0n) is 10.9. The lowest BCUT2D eigenvalue weighted by atomic mass is 10.2. The average molecular weight is 243 g/mol. The summed E-state index contributed by atoms with van der Waals surface area (Å²) in [4.78, 5) is 4.63. The van der Waals surface area contributed by atoms with Crippen LogP contribution < -0.4 is 10.6 Å². The van der Waals surface area contributed by atoms with Gasteiger partial charge in [-0.05, 0) is 25.1 Å². The number of aromatic nitrogens is 1. The van der Waals surface area contributed by atoms with Crippen LogP contribution in [0, 0.1) is 0 Å². The highest BCUT2D eigenvalue weighted by Gasteiger charge is 1.97. The molecule has 0 unspecified atom stereocenters. The van der Waals surface area contributed by atoms with Gasteiger partial charge in [0.25, 0.3) is 0 Å². The molecule has 0 saturated heterocycles. The van der Waals surface area contributed by atoms with E-state index in [1.165, 1.54) is 11.8 Å². The van der Waals surface area contributed by atoms with E-state index in [0.717, 1.165) is 37.4 Å². The van der Waals surface area contributed by atoms with Crippen LogP contribution in [0.4, 0.5) is 0 Å². The quantitative estimate of drug-likeness (QED) is 0.733. The maximum Gasteiger partial charge on any atom is 0.0705 e. The standard InChI is InChI=1S/C15H21N3/c1-2-9-16-10-11-17-12-14-8-7-13-5-3-4-6-15(13)18-14/h3-8,16-17H,2,9-12H2,1H3. The van der Waals surface area contributed by atoms with Gasteiger partial charge in [0.1, 0.15) is 0 Å². The number of nitrogens with one attached hydrogen (secondary N) is 2. The molecule has 0 bridgehead atoms. The molecule has 96 valence electrons. The second-order valence-electron chi connectivity index (χ2n) is 4.42. The Labute approximate surface area is 109 Å². The van der Waals surface area contributed by atoms with Crippen LogP contribution in [-0.4, -0.2) is 24.6 Å². The van der Waals surface area contributed by atoms with Crippen molar-refractivity contribution in [2.75, 3.05) is 19.6 Å². The fourth-order valence-corrected chi connectivity index (χ4v) is 1.90. The number of benzene rings is 1. The molecule has 3 nitrogen and oxygen atoms in total. The highest BCUT2D eigenvalue weighted by molar-refractivity contribution is 5.78. The molecule has 0 spiro atoms. The van der Waals surface area contributed by atoms with E-state index in [1.807, 2.05) is 12.1 Å². The molecular weight excluding hydrogens is 222 g/mol. The Morgan fingerprint density at radius 2 is 1.78 bits per heavy atom. The van der Waals surface area contributed by atoms with Crippen molar-refractivity contribution < 1.29 is 0 Å². The number of hydrogen-bond acceptors (Lipinski definition) is 3. The fourth-order valence-electron chi connectivity index (χ4n) is 1.90. The lowest BCUT2D eigenvalue weighted by molar-refractivity contribution is 0.603. The summed E-state index contributed by atoms with van der Waals surface area (Å²) in [5, 5.41) is 7.97. The van der Waals surface area contributed by atoms with Crippen LogP contribution in [0.2, 0.25) is 0 Å². The zero-order valence-corrected chi connectivity index (χ0v) is 10.9. The Balaban J connectivity index is 1.81. The van der Waals surface area contributed by atoms with Gasteiger partial charge in [-0.25, -0.2) is 0 Å². The van der Waals surface area contributed by atoms with Crippen LogP contribution in [0.3, 0.4) is 0 Å². The first-order chi connectivity index (χ1) is 8.90. The van der Waals surface area contributed by atoms with Gasteiger partial charge in [0.15, 0.2) is 0 Å². The van der Waals surface area contributed by atoms with Crippen LogP contribution in [0.15, 0.2) is 36.4 Å². The molecule has 0 saturated carbocycles. The van der Waals surface area contributed by atoms with Gasteiger partial charge in [-0.1, -0.05) is 31.2 Å². The first-order valence-electron chi connectivity index (χ1n) is 6.66. The highest BCUT2D eigenvalue weighted by atomic mass is 14.9. The smallest absolute Gasteiger partial charge is 0.0705 e. The van der Waals surface area contributed by atoms with Crippen LogP contribution in [0.25, 0.3) is 10.9 Å². The second-order valence-corrected chi connectivity index (χ2v) is 4.42. The van der Waals surface area contributed by atoms with Crippen molar-refractivity contribution in [2.24, 2.45) is 0 Å². The highest BCUT2D eigenvalue weighted by Crippen LogP contribution is 2.11. The molecule has 0 fully saturated rings. The van der Waals surface area contributed by atoms with Crippen molar-refractivity contribution >= 4 is 10.9 Å². The number of nitrogens with zero attached hydrogens (tertiary/aromatic N) is 1. The van der Waals surface area contributed by atoms with Crippen molar-refractivity contribution in [3.63, 3.8) is 0 Å². The summed E-state index contributed by atoms with van der Waals surface area (Å²) in [5.74, 6) is 0. The van der Waals surface area contributed by atoms with Crippen LogP contribution in [-0.2, 0) is 6.54 Å². The molecule has 1 aromatic carbocycles. The van der Waals surface area contributed by atoms with Gasteiger partial charge in [-0.2, -0.15) is 0 Å². The van der Waals surface area contributed by atoms with Gasteiger partial charge < -0.3 is 10.6 Å². The number of fused-ring (bicyclic) bond motifs is 1. The summed E-state index contributed by atoms with van der Waals surface area (Å²) < 4.78 is 0. The Morgan fingerprint density at radius 3 is 2.67 bits per heavy atom. The zero-order chi connectivity index (χ0) is 12.6. The van der Waals surface area contributed by atoms with Crippen molar-refractivity contribution in [1.82, 2.24) is 15.6 Å². The van der Waals surface area contributed by atoms with Crippen LogP contribution in [0.1, 0.15) is 19.0 Å². The van der Waals surface area contributed by atoms with Crippen LogP contribution in [0.5, 0.6) is 0 Å². The third-order valence-electron chi connectivity index (χ3n) is 2.87. The third-order valence-corrected chi connectivity index (χ3v) is 2.87. The van der Waals surface area contributed by atoms with E-state index in [1.54, 1.807) is 0 Å². The van der Waals surface area contributed by atoms with Gasteiger partial charge in [0.05, 0.1) is 11.2 Å². The molecular formula is C15H21N3. The molecule has 1 aromatic heterocycles. The summed E-state index contributed by atoms with van der Waals surface area (Å²) in [6, 6.07) is 12.4. The second kappa shape index (κ2) is 7.09. The molecule has 0 aliphatic rings. The predicted octanol–water partition coefficient (Wildman–Crippen LogP) is 2.32.